The zero-order valence-electron chi connectivity index (χ0n) is 14.7. The van der Waals surface area contributed by atoms with Gasteiger partial charge in [0, 0.05) is 18.2 Å². The van der Waals surface area contributed by atoms with E-state index in [9.17, 15) is 0 Å². The quantitative estimate of drug-likeness (QED) is 0.191. The Kier molecular flexibility index (Phi) is 14.9. The van der Waals surface area contributed by atoms with E-state index in [1.54, 1.807) is 0 Å². The molecule has 122 valence electrons. The third-order valence-electron chi connectivity index (χ3n) is 3.97. The fraction of sp³-hybridized carbons (Fsp3) is 0.750. The third kappa shape index (κ3) is 11.5. The molecule has 1 nitrogen and oxygen atoms in total. The molecule has 0 rings (SSSR count). The summed E-state index contributed by atoms with van der Waals surface area (Å²) < 4.78 is 0. The number of rotatable bonds is 14. The van der Waals surface area contributed by atoms with Gasteiger partial charge in [-0.3, -0.25) is 4.99 Å². The van der Waals surface area contributed by atoms with Crippen LogP contribution in [0.2, 0.25) is 0 Å². The van der Waals surface area contributed by atoms with Crippen molar-refractivity contribution in [2.75, 3.05) is 6.54 Å². The van der Waals surface area contributed by atoms with Gasteiger partial charge in [0.05, 0.1) is 0 Å². The van der Waals surface area contributed by atoms with Crippen molar-refractivity contribution < 1.29 is 0 Å². The van der Waals surface area contributed by atoms with Crippen LogP contribution in [0.5, 0.6) is 0 Å². The van der Waals surface area contributed by atoms with Gasteiger partial charge in [-0.25, -0.2) is 0 Å². The first-order valence-electron chi connectivity index (χ1n) is 9.13. The van der Waals surface area contributed by atoms with Gasteiger partial charge in [0.2, 0.25) is 0 Å². The predicted octanol–water partition coefficient (Wildman–Crippen LogP) is 6.75. The second-order valence-corrected chi connectivity index (χ2v) is 5.89. The molecule has 0 heterocycles. The second kappa shape index (κ2) is 15.5. The van der Waals surface area contributed by atoms with E-state index in [0.717, 1.165) is 6.54 Å². The highest BCUT2D eigenvalue weighted by atomic mass is 14.7. The summed E-state index contributed by atoms with van der Waals surface area (Å²) in [6.07, 6.45) is 19.5. The van der Waals surface area contributed by atoms with Gasteiger partial charge in [-0.2, -0.15) is 0 Å². The van der Waals surface area contributed by atoms with E-state index in [2.05, 4.69) is 33.4 Å². The van der Waals surface area contributed by atoms with Gasteiger partial charge >= 0.3 is 0 Å². The number of hydrogen-bond acceptors (Lipinski definition) is 1. The highest BCUT2D eigenvalue weighted by Gasteiger charge is 2.13. The standard InChI is InChI=1S/C20H37N/c1-5-9-12-14-16-19(17-15-13-10-6-2)20(21-8-4)18-11-7-3/h7,11,18-19H,3,5-6,8-10,12-17H2,1-2,4H3/b18-11-,21-20?. The Labute approximate surface area is 133 Å². The maximum Gasteiger partial charge on any atom is 0.0379 e. The Morgan fingerprint density at radius 1 is 0.905 bits per heavy atom. The van der Waals surface area contributed by atoms with Crippen LogP contribution in [0.25, 0.3) is 0 Å². The van der Waals surface area contributed by atoms with E-state index >= 15 is 0 Å². The van der Waals surface area contributed by atoms with Crippen molar-refractivity contribution in [3.8, 4) is 0 Å². The smallest absolute Gasteiger partial charge is 0.0379 e. The summed E-state index contributed by atoms with van der Waals surface area (Å²) in [6, 6.07) is 0. The summed E-state index contributed by atoms with van der Waals surface area (Å²) in [4.78, 5) is 4.74. The fourth-order valence-corrected chi connectivity index (χ4v) is 2.74. The van der Waals surface area contributed by atoms with Crippen molar-refractivity contribution in [2.45, 2.75) is 85.0 Å². The Balaban J connectivity index is 4.52. The van der Waals surface area contributed by atoms with Gasteiger partial charge in [0.15, 0.2) is 0 Å². The van der Waals surface area contributed by atoms with Gasteiger partial charge in [-0.05, 0) is 25.8 Å². The molecule has 21 heavy (non-hydrogen) atoms. The Morgan fingerprint density at radius 2 is 1.48 bits per heavy atom. The lowest BCUT2D eigenvalue weighted by Crippen LogP contribution is -2.13. The van der Waals surface area contributed by atoms with Crippen molar-refractivity contribution >= 4 is 5.71 Å². The van der Waals surface area contributed by atoms with Gasteiger partial charge < -0.3 is 0 Å². The molecule has 0 radical (unpaired) electrons. The van der Waals surface area contributed by atoms with Gasteiger partial charge in [-0.15, -0.1) is 0 Å². The molecule has 0 amide bonds. The van der Waals surface area contributed by atoms with Crippen LogP contribution in [-0.2, 0) is 0 Å². The summed E-state index contributed by atoms with van der Waals surface area (Å²) in [5.41, 5.74) is 1.30. The zero-order chi connectivity index (χ0) is 15.8. The molecule has 0 unspecified atom stereocenters. The van der Waals surface area contributed by atoms with Crippen LogP contribution in [-0.4, -0.2) is 12.3 Å². The monoisotopic (exact) mass is 291 g/mol. The first kappa shape index (κ1) is 20.1. The summed E-state index contributed by atoms with van der Waals surface area (Å²) in [6.45, 7) is 11.4. The van der Waals surface area contributed by atoms with E-state index in [-0.39, 0.29) is 0 Å². The molecule has 0 aliphatic carbocycles. The molecule has 0 aromatic rings. The van der Waals surface area contributed by atoms with Gasteiger partial charge in [0.25, 0.3) is 0 Å². The summed E-state index contributed by atoms with van der Waals surface area (Å²) in [5, 5.41) is 0. The summed E-state index contributed by atoms with van der Waals surface area (Å²) in [5.74, 6) is 0.648. The lowest BCUT2D eigenvalue weighted by Gasteiger charge is -2.17. The molecule has 0 bridgehead atoms. The van der Waals surface area contributed by atoms with Crippen molar-refractivity contribution in [3.63, 3.8) is 0 Å². The normalized spacial score (nSPS) is 12.5. The van der Waals surface area contributed by atoms with Crippen molar-refractivity contribution in [1.29, 1.82) is 0 Å². The zero-order valence-corrected chi connectivity index (χ0v) is 14.7. The Morgan fingerprint density at radius 3 is 1.90 bits per heavy atom. The van der Waals surface area contributed by atoms with E-state index in [4.69, 9.17) is 4.99 Å². The Hall–Kier alpha value is -0.850. The minimum Gasteiger partial charge on any atom is -0.290 e. The maximum atomic E-state index is 4.74. The highest BCUT2D eigenvalue weighted by molar-refractivity contribution is 5.97. The number of aliphatic imine (C=N–C) groups is 1. The molecule has 0 aromatic heterocycles. The molecule has 0 atom stereocenters. The Bertz CT molecular complexity index is 276. The molecule has 0 aliphatic heterocycles. The lowest BCUT2D eigenvalue weighted by molar-refractivity contribution is 0.494. The number of unbranched alkanes of at least 4 members (excludes halogenated alkanes) is 6. The van der Waals surface area contributed by atoms with Crippen LogP contribution < -0.4 is 0 Å². The summed E-state index contributed by atoms with van der Waals surface area (Å²) >= 11 is 0. The van der Waals surface area contributed by atoms with E-state index in [0.29, 0.717) is 5.92 Å². The lowest BCUT2D eigenvalue weighted by atomic mass is 9.90. The molecule has 0 aromatic carbocycles. The number of hydrogen-bond donors (Lipinski definition) is 0. The summed E-state index contributed by atoms with van der Waals surface area (Å²) in [7, 11) is 0. The van der Waals surface area contributed by atoms with Gasteiger partial charge in [0.1, 0.15) is 0 Å². The van der Waals surface area contributed by atoms with Crippen LogP contribution in [0.4, 0.5) is 0 Å². The molecule has 0 saturated carbocycles. The van der Waals surface area contributed by atoms with Crippen LogP contribution in [0, 0.1) is 5.92 Å². The van der Waals surface area contributed by atoms with E-state index < -0.39 is 0 Å². The first-order valence-corrected chi connectivity index (χ1v) is 9.13. The molecule has 0 N–H and O–H groups in total. The van der Waals surface area contributed by atoms with Crippen LogP contribution >= 0.6 is 0 Å². The molecular weight excluding hydrogens is 254 g/mol. The largest absolute Gasteiger partial charge is 0.290 e. The second-order valence-electron chi connectivity index (χ2n) is 5.89. The minimum atomic E-state index is 0.648. The molecule has 0 saturated heterocycles. The first-order chi connectivity index (χ1) is 10.3. The van der Waals surface area contributed by atoms with E-state index in [1.165, 1.54) is 69.9 Å². The topological polar surface area (TPSA) is 12.4 Å². The van der Waals surface area contributed by atoms with E-state index in [1.807, 2.05) is 12.2 Å². The number of allylic oxidation sites excluding steroid dienone is 3. The highest BCUT2D eigenvalue weighted by Crippen LogP contribution is 2.21. The van der Waals surface area contributed by atoms with Crippen molar-refractivity contribution in [3.05, 3.63) is 24.8 Å². The third-order valence-corrected chi connectivity index (χ3v) is 3.97. The molecule has 0 aliphatic rings. The maximum absolute atomic E-state index is 4.74. The molecule has 0 spiro atoms. The fourth-order valence-electron chi connectivity index (χ4n) is 2.74. The average Bonchev–Trinajstić information content (AvgIpc) is 2.50. The number of nitrogens with zero attached hydrogens (tertiary/aromatic N) is 1. The van der Waals surface area contributed by atoms with Crippen LogP contribution in [0.1, 0.15) is 85.0 Å². The predicted molar refractivity (Wildman–Crippen MR) is 98.3 cm³/mol. The van der Waals surface area contributed by atoms with Crippen molar-refractivity contribution in [1.82, 2.24) is 0 Å². The molecular formula is C20H37N. The van der Waals surface area contributed by atoms with Crippen LogP contribution in [0.15, 0.2) is 29.8 Å². The SMILES string of the molecule is C=C/C=C\C(=NCC)C(CCCCCC)CCCCCC. The van der Waals surface area contributed by atoms with Gasteiger partial charge in [-0.1, -0.05) is 83.9 Å². The average molecular weight is 292 g/mol. The molecule has 1 heteroatoms. The minimum absolute atomic E-state index is 0.648. The van der Waals surface area contributed by atoms with Crippen LogP contribution in [0.3, 0.4) is 0 Å². The molecule has 0 fully saturated rings. The van der Waals surface area contributed by atoms with Crippen molar-refractivity contribution in [2.24, 2.45) is 10.9 Å².